The molecule has 1 N–H and O–H groups in total. The number of nitrogens with zero attached hydrogens (tertiary/aromatic N) is 2. The van der Waals surface area contributed by atoms with Crippen molar-refractivity contribution in [2.24, 2.45) is 0 Å². The molecule has 21 heavy (non-hydrogen) atoms. The Labute approximate surface area is 123 Å². The minimum absolute atomic E-state index is 0.0378. The summed E-state index contributed by atoms with van der Waals surface area (Å²) < 4.78 is 16.5. The first-order valence-electron chi connectivity index (χ1n) is 7.17. The highest BCUT2D eigenvalue weighted by atomic mass is 16.5. The lowest BCUT2D eigenvalue weighted by Gasteiger charge is -2.09. The van der Waals surface area contributed by atoms with Gasteiger partial charge in [0.1, 0.15) is 6.10 Å². The van der Waals surface area contributed by atoms with Gasteiger partial charge >= 0.3 is 0 Å². The number of hydrogen-bond donors (Lipinski definition) is 1. The first-order valence-corrected chi connectivity index (χ1v) is 7.17. The number of rotatable bonds is 5. The SMILES string of the molecule is CCOc1ccc(-c2n[nH]c(C3CCCO3)n2)cc1OC. The van der Waals surface area contributed by atoms with E-state index in [1.807, 2.05) is 25.1 Å². The number of H-pyrrole nitrogens is 1. The second-order valence-corrected chi connectivity index (χ2v) is 4.84. The monoisotopic (exact) mass is 289 g/mol. The molecule has 1 aromatic heterocycles. The second kappa shape index (κ2) is 6.13. The molecule has 2 heterocycles. The van der Waals surface area contributed by atoms with Gasteiger partial charge in [-0.25, -0.2) is 4.98 Å². The van der Waals surface area contributed by atoms with Crippen LogP contribution in [0.25, 0.3) is 11.4 Å². The van der Waals surface area contributed by atoms with Crippen LogP contribution in [0.4, 0.5) is 0 Å². The predicted octanol–water partition coefficient (Wildman–Crippen LogP) is 2.73. The van der Waals surface area contributed by atoms with E-state index in [1.165, 1.54) is 0 Å². The lowest BCUT2D eigenvalue weighted by molar-refractivity contribution is 0.105. The molecule has 1 saturated heterocycles. The minimum atomic E-state index is 0.0378. The van der Waals surface area contributed by atoms with E-state index >= 15 is 0 Å². The maximum atomic E-state index is 5.61. The van der Waals surface area contributed by atoms with Crippen molar-refractivity contribution in [3.8, 4) is 22.9 Å². The molecule has 1 fully saturated rings. The maximum Gasteiger partial charge on any atom is 0.181 e. The Morgan fingerprint density at radius 3 is 3.00 bits per heavy atom. The Morgan fingerprint density at radius 2 is 2.29 bits per heavy atom. The number of benzene rings is 1. The molecule has 6 nitrogen and oxygen atoms in total. The second-order valence-electron chi connectivity index (χ2n) is 4.84. The summed E-state index contributed by atoms with van der Waals surface area (Å²) in [6.45, 7) is 3.33. The van der Waals surface area contributed by atoms with E-state index < -0.39 is 0 Å². The Bertz CT molecular complexity index is 606. The quantitative estimate of drug-likeness (QED) is 0.916. The van der Waals surface area contributed by atoms with Gasteiger partial charge in [-0.05, 0) is 38.0 Å². The fourth-order valence-corrected chi connectivity index (χ4v) is 2.42. The van der Waals surface area contributed by atoms with Crippen molar-refractivity contribution in [2.45, 2.75) is 25.9 Å². The van der Waals surface area contributed by atoms with Crippen LogP contribution in [0.5, 0.6) is 11.5 Å². The standard InChI is InChI=1S/C15H19N3O3/c1-3-20-11-7-6-10(9-13(11)19-2)14-16-15(18-17-14)12-5-4-8-21-12/h6-7,9,12H,3-5,8H2,1-2H3,(H,16,17,18). The topological polar surface area (TPSA) is 69.3 Å². The van der Waals surface area contributed by atoms with Gasteiger partial charge in [-0.15, -0.1) is 0 Å². The molecule has 1 unspecified atom stereocenters. The normalized spacial score (nSPS) is 17.9. The number of aromatic amines is 1. The summed E-state index contributed by atoms with van der Waals surface area (Å²) in [6, 6.07) is 5.68. The smallest absolute Gasteiger partial charge is 0.181 e. The van der Waals surface area contributed by atoms with Crippen LogP contribution < -0.4 is 9.47 Å². The highest BCUT2D eigenvalue weighted by molar-refractivity contribution is 5.60. The summed E-state index contributed by atoms with van der Waals surface area (Å²) in [5.41, 5.74) is 0.885. The third-order valence-corrected chi connectivity index (χ3v) is 3.46. The molecular weight excluding hydrogens is 270 g/mol. The molecule has 0 amide bonds. The van der Waals surface area contributed by atoms with Gasteiger partial charge in [0.25, 0.3) is 0 Å². The summed E-state index contributed by atoms with van der Waals surface area (Å²) in [5.74, 6) is 2.83. The van der Waals surface area contributed by atoms with Crippen LogP contribution >= 0.6 is 0 Å². The van der Waals surface area contributed by atoms with E-state index in [0.717, 1.165) is 36.6 Å². The van der Waals surface area contributed by atoms with Gasteiger partial charge in [0.05, 0.1) is 13.7 Å². The number of methoxy groups -OCH3 is 1. The van der Waals surface area contributed by atoms with E-state index in [1.54, 1.807) is 7.11 Å². The van der Waals surface area contributed by atoms with Crippen molar-refractivity contribution in [3.63, 3.8) is 0 Å². The molecular formula is C15H19N3O3. The highest BCUT2D eigenvalue weighted by Crippen LogP contribution is 2.32. The number of nitrogens with one attached hydrogen (secondary N) is 1. The van der Waals surface area contributed by atoms with Crippen molar-refractivity contribution in [3.05, 3.63) is 24.0 Å². The average molecular weight is 289 g/mol. The highest BCUT2D eigenvalue weighted by Gasteiger charge is 2.22. The zero-order valence-electron chi connectivity index (χ0n) is 12.3. The Kier molecular flexibility index (Phi) is 4.06. The molecule has 6 heteroatoms. The van der Waals surface area contributed by atoms with Crippen LogP contribution in [0.15, 0.2) is 18.2 Å². The Morgan fingerprint density at radius 1 is 1.38 bits per heavy atom. The third kappa shape index (κ3) is 2.85. The average Bonchev–Trinajstić information content (AvgIpc) is 3.19. The zero-order valence-corrected chi connectivity index (χ0v) is 12.3. The molecule has 0 aliphatic carbocycles. The number of aromatic nitrogens is 3. The van der Waals surface area contributed by atoms with Gasteiger partial charge in [0, 0.05) is 12.2 Å². The summed E-state index contributed by atoms with van der Waals surface area (Å²) >= 11 is 0. The van der Waals surface area contributed by atoms with Gasteiger partial charge in [0.2, 0.25) is 0 Å². The maximum absolute atomic E-state index is 5.61. The van der Waals surface area contributed by atoms with E-state index in [2.05, 4.69) is 15.2 Å². The van der Waals surface area contributed by atoms with Crippen LogP contribution in [0.2, 0.25) is 0 Å². The summed E-state index contributed by atoms with van der Waals surface area (Å²) in [5, 5.41) is 7.23. The largest absolute Gasteiger partial charge is 0.493 e. The zero-order chi connectivity index (χ0) is 14.7. The molecule has 3 rings (SSSR count). The van der Waals surface area contributed by atoms with Crippen molar-refractivity contribution in [2.75, 3.05) is 20.3 Å². The minimum Gasteiger partial charge on any atom is -0.493 e. The number of ether oxygens (including phenoxy) is 3. The van der Waals surface area contributed by atoms with E-state index in [-0.39, 0.29) is 6.10 Å². The molecule has 2 aromatic rings. The van der Waals surface area contributed by atoms with Crippen molar-refractivity contribution in [1.82, 2.24) is 15.2 Å². The molecule has 1 aliphatic heterocycles. The van der Waals surface area contributed by atoms with E-state index in [0.29, 0.717) is 18.2 Å². The fourth-order valence-electron chi connectivity index (χ4n) is 2.42. The van der Waals surface area contributed by atoms with Gasteiger partial charge in [-0.3, -0.25) is 5.10 Å². The van der Waals surface area contributed by atoms with E-state index in [9.17, 15) is 0 Å². The molecule has 0 radical (unpaired) electrons. The van der Waals surface area contributed by atoms with Gasteiger partial charge in [0.15, 0.2) is 23.1 Å². The van der Waals surface area contributed by atoms with E-state index in [4.69, 9.17) is 14.2 Å². The van der Waals surface area contributed by atoms with Crippen molar-refractivity contribution in [1.29, 1.82) is 0 Å². The molecule has 1 aliphatic rings. The molecule has 0 spiro atoms. The summed E-state index contributed by atoms with van der Waals surface area (Å²) in [7, 11) is 1.62. The van der Waals surface area contributed by atoms with Gasteiger partial charge in [-0.2, -0.15) is 5.10 Å². The summed E-state index contributed by atoms with van der Waals surface area (Å²) in [4.78, 5) is 4.53. The molecule has 0 bridgehead atoms. The molecule has 1 aromatic carbocycles. The van der Waals surface area contributed by atoms with Gasteiger partial charge < -0.3 is 14.2 Å². The van der Waals surface area contributed by atoms with Crippen molar-refractivity contribution < 1.29 is 14.2 Å². The lowest BCUT2D eigenvalue weighted by Crippen LogP contribution is -1.98. The third-order valence-electron chi connectivity index (χ3n) is 3.46. The first-order chi connectivity index (χ1) is 10.3. The first kappa shape index (κ1) is 13.9. The van der Waals surface area contributed by atoms with Gasteiger partial charge in [-0.1, -0.05) is 0 Å². The molecule has 1 atom stereocenters. The van der Waals surface area contributed by atoms with Crippen LogP contribution in [0, 0.1) is 0 Å². The predicted molar refractivity (Wildman–Crippen MR) is 77.5 cm³/mol. The Hall–Kier alpha value is -2.08. The molecule has 0 saturated carbocycles. The Balaban J connectivity index is 1.86. The lowest BCUT2D eigenvalue weighted by atomic mass is 10.2. The van der Waals surface area contributed by atoms with Crippen LogP contribution in [0.3, 0.4) is 0 Å². The summed E-state index contributed by atoms with van der Waals surface area (Å²) in [6.07, 6.45) is 2.09. The van der Waals surface area contributed by atoms with Crippen molar-refractivity contribution >= 4 is 0 Å². The molecule has 112 valence electrons. The van der Waals surface area contributed by atoms with Crippen LogP contribution in [0.1, 0.15) is 31.7 Å². The fraction of sp³-hybridized carbons (Fsp3) is 0.467. The van der Waals surface area contributed by atoms with Crippen LogP contribution in [-0.4, -0.2) is 35.5 Å². The number of hydrogen-bond acceptors (Lipinski definition) is 5. The van der Waals surface area contributed by atoms with Crippen LogP contribution in [-0.2, 0) is 4.74 Å².